The summed E-state index contributed by atoms with van der Waals surface area (Å²) in [6.45, 7) is 0.990. The number of hydrogen-bond donors (Lipinski definition) is 3. The monoisotopic (exact) mass is 99.1 g/mol. The molecule has 0 radical (unpaired) electrons. The summed E-state index contributed by atoms with van der Waals surface area (Å²) in [6, 6.07) is 0. The Labute approximate surface area is 42.7 Å². The summed E-state index contributed by atoms with van der Waals surface area (Å²) in [6.07, 6.45) is 5.02. The van der Waals surface area contributed by atoms with Gasteiger partial charge in [-0.3, -0.25) is 0 Å². The minimum atomic E-state index is 0.990. The van der Waals surface area contributed by atoms with Crippen LogP contribution in [0.15, 0.2) is 12.3 Å². The van der Waals surface area contributed by atoms with Crippen LogP contribution in [0.4, 0.5) is 0 Å². The van der Waals surface area contributed by atoms with Crippen LogP contribution in [-0.2, 0) is 0 Å². The van der Waals surface area contributed by atoms with Gasteiger partial charge in [-0.05, 0) is 6.42 Å². The maximum Gasteiger partial charge on any atom is 0.0152 e. The van der Waals surface area contributed by atoms with Crippen molar-refractivity contribution in [3.05, 3.63) is 12.3 Å². The molecule has 7 heavy (non-hydrogen) atoms. The van der Waals surface area contributed by atoms with E-state index >= 15 is 0 Å². The second-order valence-corrected chi connectivity index (χ2v) is 1.39. The lowest BCUT2D eigenvalue weighted by Gasteiger charge is -1.98. The van der Waals surface area contributed by atoms with Gasteiger partial charge in [0.05, 0.1) is 0 Å². The molecule has 0 unspecified atom stereocenters. The highest BCUT2D eigenvalue weighted by molar-refractivity contribution is 4.79. The highest BCUT2D eigenvalue weighted by atomic mass is 15.6. The van der Waals surface area contributed by atoms with E-state index in [1.165, 1.54) is 0 Å². The largest absolute Gasteiger partial charge is 0.316 e. The number of rotatable bonds is 0. The normalized spacial score (nSPS) is 20.6. The Balaban J connectivity index is 2.20. The molecule has 1 aliphatic rings. The van der Waals surface area contributed by atoms with E-state index in [-0.39, 0.29) is 0 Å². The van der Waals surface area contributed by atoms with Crippen molar-refractivity contribution in [2.24, 2.45) is 0 Å². The predicted octanol–water partition coefficient (Wildman–Crippen LogP) is -0.497. The van der Waals surface area contributed by atoms with E-state index in [0.29, 0.717) is 0 Å². The van der Waals surface area contributed by atoms with E-state index in [1.54, 1.807) is 0 Å². The third-order valence-corrected chi connectivity index (χ3v) is 0.798. The van der Waals surface area contributed by atoms with Crippen molar-refractivity contribution in [3.8, 4) is 0 Å². The first-order valence-corrected chi connectivity index (χ1v) is 2.38. The maximum atomic E-state index is 2.92. The van der Waals surface area contributed by atoms with Gasteiger partial charge in [-0.1, -0.05) is 6.08 Å². The molecule has 1 rings (SSSR count). The average molecular weight is 99.1 g/mol. The van der Waals surface area contributed by atoms with E-state index in [0.717, 1.165) is 13.0 Å². The summed E-state index contributed by atoms with van der Waals surface area (Å²) < 4.78 is 0. The second-order valence-electron chi connectivity index (χ2n) is 1.39. The van der Waals surface area contributed by atoms with Crippen molar-refractivity contribution < 1.29 is 0 Å². The van der Waals surface area contributed by atoms with Crippen molar-refractivity contribution >= 4 is 0 Å². The van der Waals surface area contributed by atoms with Crippen molar-refractivity contribution in [1.29, 1.82) is 0 Å². The predicted molar refractivity (Wildman–Crippen MR) is 28.0 cm³/mol. The van der Waals surface area contributed by atoms with E-state index in [4.69, 9.17) is 0 Å². The van der Waals surface area contributed by atoms with Crippen LogP contribution < -0.4 is 16.4 Å². The number of hydrogen-bond acceptors (Lipinski definition) is 3. The third-order valence-electron chi connectivity index (χ3n) is 0.798. The van der Waals surface area contributed by atoms with Crippen molar-refractivity contribution in [2.45, 2.75) is 6.42 Å². The lowest BCUT2D eigenvalue weighted by molar-refractivity contribution is 0.507. The van der Waals surface area contributed by atoms with Gasteiger partial charge in [-0.25, -0.2) is 5.43 Å². The fraction of sp³-hybridized carbons (Fsp3) is 0.500. The van der Waals surface area contributed by atoms with Crippen LogP contribution in [0, 0.1) is 0 Å². The lowest BCUT2D eigenvalue weighted by Crippen LogP contribution is -2.38. The molecule has 0 aromatic heterocycles. The van der Waals surface area contributed by atoms with Crippen molar-refractivity contribution in [1.82, 2.24) is 16.4 Å². The highest BCUT2D eigenvalue weighted by Gasteiger charge is 1.83. The van der Waals surface area contributed by atoms with Gasteiger partial charge in [0, 0.05) is 12.7 Å². The van der Waals surface area contributed by atoms with E-state index in [1.807, 2.05) is 6.20 Å². The second kappa shape index (κ2) is 2.60. The van der Waals surface area contributed by atoms with E-state index in [2.05, 4.69) is 22.5 Å². The molecule has 3 heteroatoms. The van der Waals surface area contributed by atoms with Crippen LogP contribution in [-0.4, -0.2) is 6.54 Å². The van der Waals surface area contributed by atoms with Gasteiger partial charge in [-0.15, -0.1) is 0 Å². The molecule has 0 aromatic carbocycles. The zero-order chi connectivity index (χ0) is 4.95. The molecule has 0 saturated carbocycles. The molecule has 40 valence electrons. The van der Waals surface area contributed by atoms with Crippen LogP contribution >= 0.6 is 0 Å². The summed E-state index contributed by atoms with van der Waals surface area (Å²) in [5.41, 5.74) is 8.49. The quantitative estimate of drug-likeness (QED) is 0.383. The summed E-state index contributed by atoms with van der Waals surface area (Å²) in [5, 5.41) is 0. The van der Waals surface area contributed by atoms with Crippen LogP contribution in [0.5, 0.6) is 0 Å². The summed E-state index contributed by atoms with van der Waals surface area (Å²) >= 11 is 0. The molecule has 0 amide bonds. The Morgan fingerprint density at radius 3 is 3.43 bits per heavy atom. The van der Waals surface area contributed by atoms with Crippen LogP contribution in [0.3, 0.4) is 0 Å². The van der Waals surface area contributed by atoms with Gasteiger partial charge < -0.3 is 5.43 Å². The molecule has 0 saturated heterocycles. The zero-order valence-corrected chi connectivity index (χ0v) is 4.07. The Hall–Kier alpha value is -0.540. The van der Waals surface area contributed by atoms with Crippen LogP contribution in [0.2, 0.25) is 0 Å². The lowest BCUT2D eigenvalue weighted by atomic mass is 10.4. The van der Waals surface area contributed by atoms with E-state index in [9.17, 15) is 0 Å². The molecule has 0 spiro atoms. The molecule has 0 aliphatic carbocycles. The topological polar surface area (TPSA) is 36.1 Å². The van der Waals surface area contributed by atoms with Crippen molar-refractivity contribution in [3.63, 3.8) is 0 Å². The fourth-order valence-electron chi connectivity index (χ4n) is 0.453. The van der Waals surface area contributed by atoms with Gasteiger partial charge in [0.1, 0.15) is 0 Å². The molecule has 3 nitrogen and oxygen atoms in total. The minimum Gasteiger partial charge on any atom is -0.316 e. The Bertz CT molecular complexity index is 61.3. The van der Waals surface area contributed by atoms with Crippen LogP contribution in [0.25, 0.3) is 0 Å². The van der Waals surface area contributed by atoms with Crippen LogP contribution in [0.1, 0.15) is 6.42 Å². The molecular formula is C4H9N3. The smallest absolute Gasteiger partial charge is 0.0152 e. The molecule has 1 heterocycles. The third kappa shape index (κ3) is 1.57. The number of nitrogens with one attached hydrogen (secondary N) is 3. The molecule has 0 fully saturated rings. The summed E-state index contributed by atoms with van der Waals surface area (Å²) in [5.74, 6) is 0. The van der Waals surface area contributed by atoms with E-state index < -0.39 is 0 Å². The Kier molecular flexibility index (Phi) is 1.72. The first-order valence-electron chi connectivity index (χ1n) is 2.38. The molecule has 1 aliphatic heterocycles. The fourth-order valence-corrected chi connectivity index (χ4v) is 0.453. The van der Waals surface area contributed by atoms with Gasteiger partial charge in [0.15, 0.2) is 0 Å². The first-order chi connectivity index (χ1) is 3.50. The Morgan fingerprint density at radius 1 is 1.43 bits per heavy atom. The molecule has 0 aromatic rings. The zero-order valence-electron chi connectivity index (χ0n) is 4.07. The van der Waals surface area contributed by atoms with Gasteiger partial charge in [0.25, 0.3) is 0 Å². The van der Waals surface area contributed by atoms with Gasteiger partial charge in [0.2, 0.25) is 0 Å². The first kappa shape index (κ1) is 4.61. The van der Waals surface area contributed by atoms with Crippen molar-refractivity contribution in [2.75, 3.05) is 6.54 Å². The standard InChI is InChI=1S/C4H9N3/c1-2-4-6-7-5-3-1/h1,3,5-7H,2,4H2. The van der Waals surface area contributed by atoms with Gasteiger partial charge in [-0.2, -0.15) is 5.53 Å². The summed E-state index contributed by atoms with van der Waals surface area (Å²) in [4.78, 5) is 0. The van der Waals surface area contributed by atoms with Gasteiger partial charge >= 0.3 is 0 Å². The molecule has 0 atom stereocenters. The summed E-state index contributed by atoms with van der Waals surface area (Å²) in [7, 11) is 0. The maximum absolute atomic E-state index is 2.92. The SMILES string of the molecule is C1=CNNNCC1. The molecule has 3 N–H and O–H groups in total. The minimum absolute atomic E-state index is 0.990. The Morgan fingerprint density at radius 2 is 2.43 bits per heavy atom. The molecular weight excluding hydrogens is 90.1 g/mol. The molecule has 0 bridgehead atoms. The highest BCUT2D eigenvalue weighted by Crippen LogP contribution is 1.77. The average Bonchev–Trinajstić information content (AvgIpc) is 1.90. The number of hydrazine groups is 2.